The van der Waals surface area contributed by atoms with E-state index in [0.29, 0.717) is 10.9 Å². The molecular formula is C17H17F2N3OS2. The van der Waals surface area contributed by atoms with E-state index in [0.717, 1.165) is 46.9 Å². The van der Waals surface area contributed by atoms with Gasteiger partial charge in [0.2, 0.25) is 0 Å². The fourth-order valence-corrected chi connectivity index (χ4v) is 4.96. The number of benzene rings is 1. The summed E-state index contributed by atoms with van der Waals surface area (Å²) in [6.45, 7) is 1.56. The number of aliphatic imine (C=N–C) groups is 1. The Morgan fingerprint density at radius 2 is 2.08 bits per heavy atom. The number of ether oxygens (including phenoxy) is 1. The van der Waals surface area contributed by atoms with E-state index in [1.165, 1.54) is 23.9 Å². The first-order valence-electron chi connectivity index (χ1n) is 8.07. The summed E-state index contributed by atoms with van der Waals surface area (Å²) in [5.41, 5.74) is 0.986. The maximum absolute atomic E-state index is 13.8. The molecule has 2 aliphatic rings. The molecule has 1 aromatic heterocycles. The highest BCUT2D eigenvalue weighted by Gasteiger charge is 2.22. The van der Waals surface area contributed by atoms with Gasteiger partial charge < -0.3 is 10.1 Å². The Bertz CT molecular complexity index is 790. The average molecular weight is 381 g/mol. The van der Waals surface area contributed by atoms with Crippen LogP contribution in [0.3, 0.4) is 0 Å². The molecule has 2 aromatic rings. The number of nitrogens with zero attached hydrogens (tertiary/aromatic N) is 1. The van der Waals surface area contributed by atoms with E-state index >= 15 is 0 Å². The molecule has 0 saturated carbocycles. The molecule has 1 fully saturated rings. The lowest BCUT2D eigenvalue weighted by molar-refractivity contribution is 0.0760. The Balaban J connectivity index is 1.43. The molecule has 132 valence electrons. The molecule has 25 heavy (non-hydrogen) atoms. The van der Waals surface area contributed by atoms with E-state index in [1.54, 1.807) is 11.3 Å². The molecule has 1 saturated heterocycles. The number of hydrogen-bond donors (Lipinski definition) is 2. The quantitative estimate of drug-likeness (QED) is 0.838. The van der Waals surface area contributed by atoms with E-state index < -0.39 is 11.6 Å². The Hall–Kier alpha value is -1.48. The highest BCUT2D eigenvalue weighted by molar-refractivity contribution is 8.01. The summed E-state index contributed by atoms with van der Waals surface area (Å²) in [6, 6.07) is 6.00. The minimum atomic E-state index is -0.567. The number of fused-ring (bicyclic) bond motifs is 1. The minimum Gasteiger partial charge on any atom is -0.381 e. The van der Waals surface area contributed by atoms with Crippen LogP contribution in [0.1, 0.15) is 18.4 Å². The van der Waals surface area contributed by atoms with Crippen LogP contribution in [0.5, 0.6) is 0 Å². The van der Waals surface area contributed by atoms with Crippen LogP contribution in [0.4, 0.5) is 13.8 Å². The van der Waals surface area contributed by atoms with Gasteiger partial charge >= 0.3 is 0 Å². The van der Waals surface area contributed by atoms with Gasteiger partial charge in [-0.2, -0.15) is 0 Å². The van der Waals surface area contributed by atoms with Gasteiger partial charge in [0.1, 0.15) is 16.6 Å². The molecule has 1 aromatic carbocycles. The van der Waals surface area contributed by atoms with Gasteiger partial charge in [-0.25, -0.2) is 8.78 Å². The fourth-order valence-electron chi connectivity index (χ4n) is 2.80. The van der Waals surface area contributed by atoms with Gasteiger partial charge in [-0.3, -0.25) is 10.3 Å². The van der Waals surface area contributed by atoms with Crippen LogP contribution < -0.4 is 10.6 Å². The number of anilines is 1. The van der Waals surface area contributed by atoms with Crippen molar-refractivity contribution in [3.63, 3.8) is 0 Å². The smallest absolute Gasteiger partial charge is 0.174 e. The molecule has 4 nitrogen and oxygen atoms in total. The predicted molar refractivity (Wildman–Crippen MR) is 96.8 cm³/mol. The number of hydrogen-bond acceptors (Lipinski definition) is 6. The van der Waals surface area contributed by atoms with E-state index in [-0.39, 0.29) is 6.29 Å². The van der Waals surface area contributed by atoms with Crippen molar-refractivity contribution in [3.8, 4) is 0 Å². The van der Waals surface area contributed by atoms with E-state index in [1.807, 2.05) is 12.3 Å². The molecule has 4 rings (SSSR count). The van der Waals surface area contributed by atoms with Crippen molar-refractivity contribution in [2.45, 2.75) is 34.3 Å². The summed E-state index contributed by atoms with van der Waals surface area (Å²) in [5.74, 6) is -1.11. The second-order valence-corrected chi connectivity index (χ2v) is 8.30. The van der Waals surface area contributed by atoms with Gasteiger partial charge in [-0.15, -0.1) is 11.3 Å². The number of nitrogens with one attached hydrogen (secondary N) is 2. The summed E-state index contributed by atoms with van der Waals surface area (Å²) >= 11 is 2.84. The van der Waals surface area contributed by atoms with Crippen LogP contribution in [0.2, 0.25) is 0 Å². The molecule has 1 unspecified atom stereocenters. The zero-order valence-electron chi connectivity index (χ0n) is 13.3. The van der Waals surface area contributed by atoms with Gasteiger partial charge in [0, 0.05) is 42.0 Å². The Kier molecular flexibility index (Phi) is 5.03. The van der Waals surface area contributed by atoms with Gasteiger partial charge in [0.05, 0.1) is 4.21 Å². The van der Waals surface area contributed by atoms with Crippen LogP contribution in [0.15, 0.2) is 38.4 Å². The lowest BCUT2D eigenvalue weighted by atomic mass is 10.1. The maximum atomic E-state index is 13.8. The highest BCUT2D eigenvalue weighted by Crippen LogP contribution is 2.40. The molecule has 0 spiro atoms. The summed E-state index contributed by atoms with van der Waals surface area (Å²) in [4.78, 5) is 4.91. The summed E-state index contributed by atoms with van der Waals surface area (Å²) < 4.78 is 33.1. The minimum absolute atomic E-state index is 0.158. The second kappa shape index (κ2) is 7.41. The van der Waals surface area contributed by atoms with E-state index in [4.69, 9.17) is 4.74 Å². The zero-order valence-corrected chi connectivity index (χ0v) is 14.9. The first-order chi connectivity index (χ1) is 12.2. The van der Waals surface area contributed by atoms with Crippen molar-refractivity contribution in [2.24, 2.45) is 4.99 Å². The second-order valence-electron chi connectivity index (χ2n) is 5.91. The maximum Gasteiger partial charge on any atom is 0.174 e. The van der Waals surface area contributed by atoms with Gasteiger partial charge in [-0.05, 0) is 31.0 Å². The van der Waals surface area contributed by atoms with Crippen LogP contribution in [-0.2, 0) is 4.74 Å². The van der Waals surface area contributed by atoms with Crippen molar-refractivity contribution in [1.82, 2.24) is 5.32 Å². The summed E-state index contributed by atoms with van der Waals surface area (Å²) in [7, 11) is 0. The van der Waals surface area contributed by atoms with Crippen LogP contribution in [0.25, 0.3) is 0 Å². The molecule has 3 heterocycles. The first-order valence-corrected chi connectivity index (χ1v) is 9.71. The Morgan fingerprint density at radius 3 is 2.88 bits per heavy atom. The van der Waals surface area contributed by atoms with Crippen molar-refractivity contribution in [3.05, 3.63) is 41.5 Å². The molecule has 0 bridgehead atoms. The zero-order chi connectivity index (χ0) is 17.2. The highest BCUT2D eigenvalue weighted by atomic mass is 32.2. The lowest BCUT2D eigenvalue weighted by Crippen LogP contribution is -2.45. The van der Waals surface area contributed by atoms with E-state index in [9.17, 15) is 8.78 Å². The Morgan fingerprint density at radius 1 is 1.24 bits per heavy atom. The molecule has 0 radical (unpaired) electrons. The predicted octanol–water partition coefficient (Wildman–Crippen LogP) is 4.07. The summed E-state index contributed by atoms with van der Waals surface area (Å²) in [5, 5.41) is 7.86. The monoisotopic (exact) mass is 381 g/mol. The fraction of sp³-hybridized carbons (Fsp3) is 0.353. The molecule has 1 atom stereocenters. The number of halogens is 2. The third-order valence-corrected chi connectivity index (χ3v) is 6.33. The van der Waals surface area contributed by atoms with Crippen LogP contribution in [-0.4, -0.2) is 31.8 Å². The molecule has 2 N–H and O–H groups in total. The van der Waals surface area contributed by atoms with Gasteiger partial charge in [0.15, 0.2) is 6.29 Å². The van der Waals surface area contributed by atoms with Crippen LogP contribution in [0, 0.1) is 11.6 Å². The topological polar surface area (TPSA) is 45.6 Å². The normalized spacial score (nSPS) is 20.3. The molecular weight excluding hydrogens is 364 g/mol. The number of thiophene rings is 1. The number of rotatable bonds is 4. The third-order valence-electron chi connectivity index (χ3n) is 4.09. The SMILES string of the molecule is Fc1ccc(Sc2cc3c(s2)NC(NC2CCOCC2)N=C3)c(F)c1. The lowest BCUT2D eigenvalue weighted by Gasteiger charge is -2.28. The van der Waals surface area contributed by atoms with E-state index in [2.05, 4.69) is 15.6 Å². The Labute approximate surface area is 152 Å². The van der Waals surface area contributed by atoms with Crippen molar-refractivity contribution < 1.29 is 13.5 Å². The van der Waals surface area contributed by atoms with Gasteiger partial charge in [0.25, 0.3) is 0 Å². The largest absolute Gasteiger partial charge is 0.381 e. The standard InChI is InChI=1S/C17H17F2N3OS2/c18-11-1-2-14(13(19)8-11)24-15-7-10-9-20-17(22-16(10)25-15)21-12-3-5-23-6-4-12/h1-2,7-9,12,17,21-22H,3-6H2. The molecule has 8 heteroatoms. The van der Waals surface area contributed by atoms with Gasteiger partial charge in [-0.1, -0.05) is 11.8 Å². The van der Waals surface area contributed by atoms with Crippen molar-refractivity contribution >= 4 is 34.3 Å². The third kappa shape index (κ3) is 4.03. The summed E-state index contributed by atoms with van der Waals surface area (Å²) in [6.07, 6.45) is 3.64. The van der Waals surface area contributed by atoms with Crippen molar-refractivity contribution in [1.29, 1.82) is 0 Å². The average Bonchev–Trinajstić information content (AvgIpc) is 3.00. The molecule has 2 aliphatic heterocycles. The van der Waals surface area contributed by atoms with Crippen LogP contribution >= 0.6 is 23.1 Å². The first kappa shape index (κ1) is 17.0. The molecule has 0 amide bonds. The molecule has 0 aliphatic carbocycles. The van der Waals surface area contributed by atoms with Crippen molar-refractivity contribution in [2.75, 3.05) is 18.5 Å².